The normalized spacial score (nSPS) is 14.7. The fourth-order valence-corrected chi connectivity index (χ4v) is 3.22. The molecule has 0 saturated carbocycles. The molecule has 1 rings (SSSR count). The molecule has 0 aliphatic carbocycles. The Labute approximate surface area is 189 Å². The number of amides is 3. The van der Waals surface area contributed by atoms with Gasteiger partial charge < -0.3 is 26.8 Å². The van der Waals surface area contributed by atoms with E-state index in [-0.39, 0.29) is 31.2 Å². The molecule has 1 aromatic rings. The second kappa shape index (κ2) is 13.5. The van der Waals surface area contributed by atoms with Crippen molar-refractivity contribution in [1.29, 1.82) is 0 Å². The van der Waals surface area contributed by atoms with Gasteiger partial charge >= 0.3 is 5.97 Å². The summed E-state index contributed by atoms with van der Waals surface area (Å²) in [6.45, 7) is 7.13. The summed E-state index contributed by atoms with van der Waals surface area (Å²) in [6, 6.07) is 6.22. The molecular formula is C23H36N4O5. The standard InChI is InChI=1S/C23H36N4O5/c1-5-15(4)20(22(30)26-18(23(31)32)11-14(2)3)27-21(29)17(25-19(28)13-24)12-16-9-7-6-8-10-16/h6-10,14-15,17-18,20H,5,11-13,24H2,1-4H3,(H,25,28)(H,26,30)(H,27,29)(H,31,32)/t15-,17-,18-,20-/m0/s1. The van der Waals surface area contributed by atoms with Gasteiger partial charge in [0.2, 0.25) is 17.7 Å². The Morgan fingerprint density at radius 1 is 0.938 bits per heavy atom. The molecule has 0 unspecified atom stereocenters. The maximum Gasteiger partial charge on any atom is 0.326 e. The molecule has 3 amide bonds. The molecule has 4 atom stereocenters. The number of carbonyl (C=O) groups is 4. The minimum atomic E-state index is -1.13. The van der Waals surface area contributed by atoms with Crippen LogP contribution in [0.4, 0.5) is 0 Å². The third-order valence-corrected chi connectivity index (χ3v) is 5.23. The van der Waals surface area contributed by atoms with Crippen LogP contribution >= 0.6 is 0 Å². The van der Waals surface area contributed by atoms with Gasteiger partial charge in [0.15, 0.2) is 0 Å². The smallest absolute Gasteiger partial charge is 0.326 e. The SMILES string of the molecule is CC[C@H](C)[C@H](NC(=O)[C@H](Cc1ccccc1)NC(=O)CN)C(=O)N[C@@H](CC(C)C)C(=O)O. The van der Waals surface area contributed by atoms with Crippen LogP contribution in [-0.4, -0.2) is 53.5 Å². The van der Waals surface area contributed by atoms with Crippen molar-refractivity contribution < 1.29 is 24.3 Å². The monoisotopic (exact) mass is 448 g/mol. The summed E-state index contributed by atoms with van der Waals surface area (Å²) in [6.07, 6.45) is 1.07. The zero-order valence-corrected chi connectivity index (χ0v) is 19.3. The quantitative estimate of drug-likeness (QED) is 0.301. The van der Waals surface area contributed by atoms with E-state index in [1.807, 2.05) is 51.1 Å². The van der Waals surface area contributed by atoms with Crippen LogP contribution in [0.25, 0.3) is 0 Å². The molecule has 0 fully saturated rings. The highest BCUT2D eigenvalue weighted by Crippen LogP contribution is 2.12. The first kappa shape index (κ1) is 27.1. The molecule has 0 aliphatic rings. The Balaban J connectivity index is 3.04. The Bertz CT molecular complexity index is 769. The molecule has 0 radical (unpaired) electrons. The van der Waals surface area contributed by atoms with Crippen LogP contribution in [-0.2, 0) is 25.6 Å². The van der Waals surface area contributed by atoms with Crippen molar-refractivity contribution in [2.45, 2.75) is 65.1 Å². The lowest BCUT2D eigenvalue weighted by Crippen LogP contribution is -2.58. The van der Waals surface area contributed by atoms with Crippen LogP contribution in [0.3, 0.4) is 0 Å². The molecule has 0 aromatic heterocycles. The molecule has 0 bridgehead atoms. The van der Waals surface area contributed by atoms with E-state index in [0.29, 0.717) is 6.42 Å². The highest BCUT2D eigenvalue weighted by molar-refractivity contribution is 5.93. The molecule has 178 valence electrons. The predicted molar refractivity (Wildman–Crippen MR) is 122 cm³/mol. The molecule has 1 aromatic carbocycles. The molecule has 0 heterocycles. The van der Waals surface area contributed by atoms with Gasteiger partial charge in [-0.1, -0.05) is 64.4 Å². The number of benzene rings is 1. The lowest BCUT2D eigenvalue weighted by atomic mass is 9.96. The van der Waals surface area contributed by atoms with Crippen molar-refractivity contribution >= 4 is 23.7 Å². The van der Waals surface area contributed by atoms with E-state index in [2.05, 4.69) is 16.0 Å². The summed E-state index contributed by atoms with van der Waals surface area (Å²) in [5, 5.41) is 17.3. The number of nitrogens with one attached hydrogen (secondary N) is 3. The minimum Gasteiger partial charge on any atom is -0.480 e. The first-order valence-corrected chi connectivity index (χ1v) is 11.0. The van der Waals surface area contributed by atoms with Crippen LogP contribution in [0.1, 0.15) is 46.1 Å². The second-order valence-corrected chi connectivity index (χ2v) is 8.41. The summed E-state index contributed by atoms with van der Waals surface area (Å²) >= 11 is 0. The highest BCUT2D eigenvalue weighted by atomic mass is 16.4. The Morgan fingerprint density at radius 2 is 1.56 bits per heavy atom. The average molecular weight is 449 g/mol. The molecule has 0 spiro atoms. The average Bonchev–Trinajstić information content (AvgIpc) is 2.75. The largest absolute Gasteiger partial charge is 0.480 e. The maximum absolute atomic E-state index is 13.1. The van der Waals surface area contributed by atoms with Gasteiger partial charge in [-0.3, -0.25) is 14.4 Å². The lowest BCUT2D eigenvalue weighted by molar-refractivity contribution is -0.143. The van der Waals surface area contributed by atoms with Gasteiger partial charge in [0, 0.05) is 6.42 Å². The summed E-state index contributed by atoms with van der Waals surface area (Å²) in [5.74, 6) is -2.91. The molecule has 9 nitrogen and oxygen atoms in total. The van der Waals surface area contributed by atoms with Gasteiger partial charge in [-0.15, -0.1) is 0 Å². The number of carboxylic acid groups (broad SMARTS) is 1. The Morgan fingerprint density at radius 3 is 2.06 bits per heavy atom. The van der Waals surface area contributed by atoms with E-state index in [4.69, 9.17) is 5.73 Å². The molecule has 0 saturated heterocycles. The fraction of sp³-hybridized carbons (Fsp3) is 0.565. The van der Waals surface area contributed by atoms with Gasteiger partial charge in [0.05, 0.1) is 6.54 Å². The van der Waals surface area contributed by atoms with Gasteiger partial charge in [-0.05, 0) is 23.8 Å². The molecular weight excluding hydrogens is 412 g/mol. The van der Waals surface area contributed by atoms with Crippen LogP contribution in [0.2, 0.25) is 0 Å². The summed E-state index contributed by atoms with van der Waals surface area (Å²) in [7, 11) is 0. The minimum absolute atomic E-state index is 0.0646. The van der Waals surface area contributed by atoms with Gasteiger partial charge in [-0.25, -0.2) is 4.79 Å². The first-order chi connectivity index (χ1) is 15.1. The molecule has 0 aliphatic heterocycles. The third-order valence-electron chi connectivity index (χ3n) is 5.23. The Kier molecular flexibility index (Phi) is 11.4. The number of aliphatic carboxylic acids is 1. The summed E-state index contributed by atoms with van der Waals surface area (Å²) < 4.78 is 0. The van der Waals surface area contributed by atoms with Crippen molar-refractivity contribution in [1.82, 2.24) is 16.0 Å². The van der Waals surface area contributed by atoms with Crippen molar-refractivity contribution in [3.05, 3.63) is 35.9 Å². The van der Waals surface area contributed by atoms with E-state index in [1.54, 1.807) is 6.92 Å². The fourth-order valence-electron chi connectivity index (χ4n) is 3.22. The lowest BCUT2D eigenvalue weighted by Gasteiger charge is -2.28. The Hall–Kier alpha value is -2.94. The van der Waals surface area contributed by atoms with Gasteiger partial charge in [0.1, 0.15) is 18.1 Å². The number of carboxylic acids is 1. The number of hydrogen-bond acceptors (Lipinski definition) is 5. The van der Waals surface area contributed by atoms with Gasteiger partial charge in [-0.2, -0.15) is 0 Å². The van der Waals surface area contributed by atoms with Crippen LogP contribution in [0.15, 0.2) is 30.3 Å². The molecule has 9 heteroatoms. The zero-order valence-electron chi connectivity index (χ0n) is 19.3. The predicted octanol–water partition coefficient (Wildman–Crippen LogP) is 0.819. The van der Waals surface area contributed by atoms with Crippen molar-refractivity contribution in [2.75, 3.05) is 6.54 Å². The van der Waals surface area contributed by atoms with Gasteiger partial charge in [0.25, 0.3) is 0 Å². The maximum atomic E-state index is 13.1. The van der Waals surface area contributed by atoms with E-state index < -0.39 is 41.8 Å². The zero-order chi connectivity index (χ0) is 24.3. The summed E-state index contributed by atoms with van der Waals surface area (Å²) in [5.41, 5.74) is 6.22. The number of carbonyl (C=O) groups excluding carboxylic acids is 3. The first-order valence-electron chi connectivity index (χ1n) is 11.0. The molecule has 32 heavy (non-hydrogen) atoms. The van der Waals surface area contributed by atoms with Crippen LogP contribution in [0, 0.1) is 11.8 Å². The van der Waals surface area contributed by atoms with E-state index in [9.17, 15) is 24.3 Å². The second-order valence-electron chi connectivity index (χ2n) is 8.41. The molecule has 6 N–H and O–H groups in total. The third kappa shape index (κ3) is 9.05. The van der Waals surface area contributed by atoms with Crippen molar-refractivity contribution in [3.8, 4) is 0 Å². The number of nitrogens with two attached hydrogens (primary N) is 1. The summed E-state index contributed by atoms with van der Waals surface area (Å²) in [4.78, 5) is 49.5. The van der Waals surface area contributed by atoms with Crippen molar-refractivity contribution in [2.24, 2.45) is 17.6 Å². The van der Waals surface area contributed by atoms with E-state index >= 15 is 0 Å². The van der Waals surface area contributed by atoms with E-state index in [1.165, 1.54) is 0 Å². The topological polar surface area (TPSA) is 151 Å². The van der Waals surface area contributed by atoms with E-state index in [0.717, 1.165) is 5.56 Å². The van der Waals surface area contributed by atoms with Crippen LogP contribution in [0.5, 0.6) is 0 Å². The number of hydrogen-bond donors (Lipinski definition) is 5. The number of rotatable bonds is 13. The highest BCUT2D eigenvalue weighted by Gasteiger charge is 2.32. The van der Waals surface area contributed by atoms with Crippen molar-refractivity contribution in [3.63, 3.8) is 0 Å². The van der Waals surface area contributed by atoms with Crippen LogP contribution < -0.4 is 21.7 Å².